The van der Waals surface area contributed by atoms with Gasteiger partial charge in [0, 0.05) is 18.8 Å². The van der Waals surface area contributed by atoms with Gasteiger partial charge < -0.3 is 5.11 Å². The van der Waals surface area contributed by atoms with Gasteiger partial charge in [0.15, 0.2) is 0 Å². The van der Waals surface area contributed by atoms with Crippen LogP contribution in [0.5, 0.6) is 0 Å². The average Bonchev–Trinajstić information content (AvgIpc) is 2.62. The van der Waals surface area contributed by atoms with E-state index >= 15 is 0 Å². The van der Waals surface area contributed by atoms with Crippen molar-refractivity contribution < 1.29 is 13.5 Å². The van der Waals surface area contributed by atoms with Crippen molar-refractivity contribution in [2.75, 3.05) is 13.2 Å². The molecule has 0 saturated carbocycles. The summed E-state index contributed by atoms with van der Waals surface area (Å²) in [6, 6.07) is 1.98. The first-order valence-electron chi connectivity index (χ1n) is 5.97. The Morgan fingerprint density at radius 1 is 1.50 bits per heavy atom. The van der Waals surface area contributed by atoms with Crippen LogP contribution < -0.4 is 4.72 Å². The molecule has 2 N–H and O–H groups in total. The molecule has 1 unspecified atom stereocenters. The van der Waals surface area contributed by atoms with Gasteiger partial charge in [-0.3, -0.25) is 4.68 Å². The SMILES string of the molecule is Cc1cc(C)n(CCCNS(=O)(=O)C(C)CO)n1. The number of aryl methyl sites for hydroxylation is 3. The Kier molecular flexibility index (Phi) is 5.30. The van der Waals surface area contributed by atoms with Gasteiger partial charge in [-0.25, -0.2) is 13.1 Å². The van der Waals surface area contributed by atoms with Crippen LogP contribution in [-0.2, 0) is 16.6 Å². The third kappa shape index (κ3) is 4.08. The van der Waals surface area contributed by atoms with E-state index in [0.29, 0.717) is 19.5 Å². The number of nitrogens with one attached hydrogen (secondary N) is 1. The molecular formula is C11H21N3O3S. The van der Waals surface area contributed by atoms with Gasteiger partial charge in [-0.1, -0.05) is 0 Å². The van der Waals surface area contributed by atoms with Crippen molar-refractivity contribution in [1.82, 2.24) is 14.5 Å². The highest BCUT2D eigenvalue weighted by Gasteiger charge is 2.18. The Labute approximate surface area is 108 Å². The van der Waals surface area contributed by atoms with Crippen LogP contribution in [-0.4, -0.2) is 41.7 Å². The number of aliphatic hydroxyl groups excluding tert-OH is 1. The number of rotatable bonds is 7. The largest absolute Gasteiger partial charge is 0.395 e. The summed E-state index contributed by atoms with van der Waals surface area (Å²) in [6.07, 6.45) is 0.666. The first-order valence-corrected chi connectivity index (χ1v) is 7.52. The lowest BCUT2D eigenvalue weighted by Gasteiger charge is -2.11. The molecule has 0 aliphatic carbocycles. The second kappa shape index (κ2) is 6.31. The lowest BCUT2D eigenvalue weighted by atomic mass is 10.4. The summed E-state index contributed by atoms with van der Waals surface area (Å²) in [7, 11) is -3.40. The summed E-state index contributed by atoms with van der Waals surface area (Å²) in [6.45, 7) is 6.03. The van der Waals surface area contributed by atoms with E-state index < -0.39 is 15.3 Å². The zero-order chi connectivity index (χ0) is 13.8. The van der Waals surface area contributed by atoms with Crippen LogP contribution in [0.25, 0.3) is 0 Å². The average molecular weight is 275 g/mol. The summed E-state index contributed by atoms with van der Waals surface area (Å²) in [5.74, 6) is 0. The second-order valence-electron chi connectivity index (χ2n) is 4.44. The number of hydrogen-bond donors (Lipinski definition) is 2. The highest BCUT2D eigenvalue weighted by molar-refractivity contribution is 7.90. The van der Waals surface area contributed by atoms with Crippen molar-refractivity contribution in [3.63, 3.8) is 0 Å². The predicted molar refractivity (Wildman–Crippen MR) is 69.8 cm³/mol. The minimum Gasteiger partial charge on any atom is -0.395 e. The van der Waals surface area contributed by atoms with Crippen LogP contribution >= 0.6 is 0 Å². The first kappa shape index (κ1) is 15.1. The Bertz CT molecular complexity index is 482. The third-order valence-corrected chi connectivity index (χ3v) is 4.56. The molecule has 0 radical (unpaired) electrons. The van der Waals surface area contributed by atoms with Crippen LogP contribution in [0, 0.1) is 13.8 Å². The lowest BCUT2D eigenvalue weighted by molar-refractivity contribution is 0.294. The van der Waals surface area contributed by atoms with Gasteiger partial charge in [-0.2, -0.15) is 5.10 Å². The van der Waals surface area contributed by atoms with E-state index in [2.05, 4.69) is 9.82 Å². The minimum atomic E-state index is -3.40. The van der Waals surface area contributed by atoms with Gasteiger partial charge in [-0.05, 0) is 33.3 Å². The Morgan fingerprint density at radius 3 is 2.67 bits per heavy atom. The molecule has 0 saturated heterocycles. The summed E-state index contributed by atoms with van der Waals surface area (Å²) >= 11 is 0. The molecule has 7 heteroatoms. The first-order chi connectivity index (χ1) is 8.36. The van der Waals surface area contributed by atoms with Crippen LogP contribution in [0.1, 0.15) is 24.7 Å². The van der Waals surface area contributed by atoms with Crippen LogP contribution in [0.3, 0.4) is 0 Å². The van der Waals surface area contributed by atoms with Crippen molar-refractivity contribution >= 4 is 10.0 Å². The van der Waals surface area contributed by atoms with Crippen molar-refractivity contribution in [3.05, 3.63) is 17.5 Å². The molecule has 0 fully saturated rings. The number of sulfonamides is 1. The summed E-state index contributed by atoms with van der Waals surface area (Å²) in [5.41, 5.74) is 2.03. The van der Waals surface area contributed by atoms with E-state index in [-0.39, 0.29) is 6.61 Å². The highest BCUT2D eigenvalue weighted by atomic mass is 32.2. The zero-order valence-corrected chi connectivity index (χ0v) is 11.9. The fourth-order valence-corrected chi connectivity index (χ4v) is 2.49. The van der Waals surface area contributed by atoms with Gasteiger partial charge in [0.05, 0.1) is 17.6 Å². The molecule has 104 valence electrons. The predicted octanol–water partition coefficient (Wildman–Crippen LogP) is 0.190. The van der Waals surface area contributed by atoms with Crippen LogP contribution in [0.4, 0.5) is 0 Å². The van der Waals surface area contributed by atoms with E-state index in [9.17, 15) is 8.42 Å². The van der Waals surface area contributed by atoms with E-state index in [1.165, 1.54) is 6.92 Å². The van der Waals surface area contributed by atoms with Crippen molar-refractivity contribution in [3.8, 4) is 0 Å². The highest BCUT2D eigenvalue weighted by Crippen LogP contribution is 2.03. The molecule has 1 aromatic rings. The molecule has 0 aliphatic rings. The number of aromatic nitrogens is 2. The summed E-state index contributed by atoms with van der Waals surface area (Å²) in [5, 5.41) is 12.3. The fourth-order valence-electron chi connectivity index (χ4n) is 1.58. The molecular weight excluding hydrogens is 254 g/mol. The van der Waals surface area contributed by atoms with Gasteiger partial charge >= 0.3 is 0 Å². The molecule has 18 heavy (non-hydrogen) atoms. The van der Waals surface area contributed by atoms with E-state index in [1.807, 2.05) is 24.6 Å². The zero-order valence-electron chi connectivity index (χ0n) is 11.0. The van der Waals surface area contributed by atoms with Crippen molar-refractivity contribution in [2.24, 2.45) is 0 Å². The van der Waals surface area contributed by atoms with Crippen molar-refractivity contribution in [1.29, 1.82) is 0 Å². The smallest absolute Gasteiger partial charge is 0.216 e. The standard InChI is InChI=1S/C11H21N3O3S/c1-9-7-10(2)14(13-9)6-4-5-12-18(16,17)11(3)8-15/h7,11-12,15H,4-6,8H2,1-3H3. The Balaban J connectivity index is 2.38. The summed E-state index contributed by atoms with van der Waals surface area (Å²) < 4.78 is 27.4. The van der Waals surface area contributed by atoms with Crippen LogP contribution in [0.2, 0.25) is 0 Å². The quantitative estimate of drug-likeness (QED) is 0.696. The topological polar surface area (TPSA) is 84.2 Å². The number of nitrogens with zero attached hydrogens (tertiary/aromatic N) is 2. The molecule has 1 heterocycles. The molecule has 1 rings (SSSR count). The maximum absolute atomic E-state index is 11.6. The molecule has 0 spiro atoms. The van der Waals surface area contributed by atoms with Gasteiger partial charge in [-0.15, -0.1) is 0 Å². The number of hydrogen-bond acceptors (Lipinski definition) is 4. The molecule has 6 nitrogen and oxygen atoms in total. The molecule has 1 atom stereocenters. The van der Waals surface area contributed by atoms with E-state index in [0.717, 1.165) is 11.4 Å². The maximum Gasteiger partial charge on any atom is 0.216 e. The van der Waals surface area contributed by atoms with Crippen molar-refractivity contribution in [2.45, 2.75) is 39.0 Å². The molecule has 0 aromatic carbocycles. The van der Waals surface area contributed by atoms with E-state index in [4.69, 9.17) is 5.11 Å². The molecule has 0 aliphatic heterocycles. The lowest BCUT2D eigenvalue weighted by Crippen LogP contribution is -2.35. The fraction of sp³-hybridized carbons (Fsp3) is 0.727. The van der Waals surface area contributed by atoms with E-state index in [1.54, 1.807) is 0 Å². The van der Waals surface area contributed by atoms with Gasteiger partial charge in [0.1, 0.15) is 0 Å². The Morgan fingerprint density at radius 2 is 2.17 bits per heavy atom. The maximum atomic E-state index is 11.6. The van der Waals surface area contributed by atoms with Gasteiger partial charge in [0.25, 0.3) is 0 Å². The van der Waals surface area contributed by atoms with Crippen LogP contribution in [0.15, 0.2) is 6.07 Å². The molecule has 0 bridgehead atoms. The monoisotopic (exact) mass is 275 g/mol. The number of aliphatic hydroxyl groups is 1. The Hall–Kier alpha value is -0.920. The molecule has 0 amide bonds. The second-order valence-corrected chi connectivity index (χ2v) is 6.62. The summed E-state index contributed by atoms with van der Waals surface area (Å²) in [4.78, 5) is 0. The normalized spacial score (nSPS) is 13.8. The van der Waals surface area contributed by atoms with Gasteiger partial charge in [0.2, 0.25) is 10.0 Å². The molecule has 1 aromatic heterocycles. The minimum absolute atomic E-state index is 0.352. The third-order valence-electron chi connectivity index (χ3n) is 2.74.